The summed E-state index contributed by atoms with van der Waals surface area (Å²) >= 11 is 0. The second-order valence-corrected chi connectivity index (χ2v) is 5.02. The zero-order valence-corrected chi connectivity index (χ0v) is 10.6. The van der Waals surface area contributed by atoms with E-state index in [1.807, 2.05) is 12.1 Å². The Kier molecular flexibility index (Phi) is 3.11. The highest BCUT2D eigenvalue weighted by atomic mass is 15.1. The van der Waals surface area contributed by atoms with Gasteiger partial charge in [0.1, 0.15) is 0 Å². The van der Waals surface area contributed by atoms with Gasteiger partial charge in [-0.3, -0.25) is 10.1 Å². The molecule has 0 aliphatic carbocycles. The largest absolute Gasteiger partial charge is 0.306 e. The average Bonchev–Trinajstić information content (AvgIpc) is 2.93. The van der Waals surface area contributed by atoms with E-state index in [1.165, 1.54) is 25.1 Å². The fourth-order valence-corrected chi connectivity index (χ4v) is 2.64. The van der Waals surface area contributed by atoms with Crippen LogP contribution in [0.3, 0.4) is 0 Å². The lowest BCUT2D eigenvalue weighted by molar-refractivity contribution is 0.248. The lowest BCUT2D eigenvalue weighted by Gasteiger charge is -2.29. The number of aromatic amines is 1. The van der Waals surface area contributed by atoms with Crippen molar-refractivity contribution in [1.29, 1.82) is 0 Å². The second-order valence-electron chi connectivity index (χ2n) is 5.02. The van der Waals surface area contributed by atoms with E-state index in [9.17, 15) is 0 Å². The molecule has 2 aromatic heterocycles. The van der Waals surface area contributed by atoms with Gasteiger partial charge in [-0.2, -0.15) is 5.10 Å². The van der Waals surface area contributed by atoms with Crippen molar-refractivity contribution in [3.63, 3.8) is 0 Å². The fourth-order valence-electron chi connectivity index (χ4n) is 2.64. The molecule has 0 radical (unpaired) electrons. The van der Waals surface area contributed by atoms with Gasteiger partial charge in [0.2, 0.25) is 0 Å². The Labute approximate surface area is 107 Å². The summed E-state index contributed by atoms with van der Waals surface area (Å²) in [6.45, 7) is 2.32. The molecule has 1 fully saturated rings. The van der Waals surface area contributed by atoms with Gasteiger partial charge in [0.15, 0.2) is 0 Å². The lowest BCUT2D eigenvalue weighted by Crippen LogP contribution is -2.31. The van der Waals surface area contributed by atoms with Crippen LogP contribution in [0, 0.1) is 0 Å². The van der Waals surface area contributed by atoms with E-state index in [4.69, 9.17) is 4.98 Å². The van der Waals surface area contributed by atoms with Crippen LogP contribution in [-0.4, -0.2) is 40.2 Å². The minimum Gasteiger partial charge on any atom is -0.306 e. The molecule has 0 spiro atoms. The molecule has 0 aromatic carbocycles. The van der Waals surface area contributed by atoms with Gasteiger partial charge in [-0.05, 0) is 44.6 Å². The number of nitrogens with one attached hydrogen (secondary N) is 1. The van der Waals surface area contributed by atoms with Crippen LogP contribution in [0.4, 0.5) is 0 Å². The first-order chi connectivity index (χ1) is 8.83. The second kappa shape index (κ2) is 4.90. The van der Waals surface area contributed by atoms with E-state index < -0.39 is 0 Å². The smallest absolute Gasteiger partial charge is 0.0883 e. The molecule has 18 heavy (non-hydrogen) atoms. The number of aromatic nitrogens is 3. The van der Waals surface area contributed by atoms with Gasteiger partial charge in [-0.1, -0.05) is 6.07 Å². The topological polar surface area (TPSA) is 44.8 Å². The van der Waals surface area contributed by atoms with Crippen molar-refractivity contribution in [1.82, 2.24) is 20.1 Å². The Morgan fingerprint density at radius 3 is 3.06 bits per heavy atom. The summed E-state index contributed by atoms with van der Waals surface area (Å²) in [6, 6.07) is 8.22. The van der Waals surface area contributed by atoms with Crippen LogP contribution in [0.1, 0.15) is 24.5 Å². The Balaban J connectivity index is 1.86. The third-order valence-electron chi connectivity index (χ3n) is 3.59. The summed E-state index contributed by atoms with van der Waals surface area (Å²) in [6.07, 6.45) is 4.26. The van der Waals surface area contributed by atoms with E-state index in [0.717, 1.165) is 17.9 Å². The molecule has 2 aromatic rings. The molecule has 1 N–H and O–H groups in total. The molecule has 1 unspecified atom stereocenters. The standard InChI is InChI=1S/C14H18N4/c1-18-9-3-4-11(10-18)12-5-2-6-13(16-12)14-7-8-15-17-14/h2,5-8,11H,3-4,9-10H2,1H3,(H,15,17). The lowest BCUT2D eigenvalue weighted by atomic mass is 9.94. The maximum atomic E-state index is 4.78. The minimum atomic E-state index is 0.562. The first kappa shape index (κ1) is 11.4. The van der Waals surface area contributed by atoms with Crippen LogP contribution in [0.15, 0.2) is 30.5 Å². The Morgan fingerprint density at radius 1 is 1.33 bits per heavy atom. The highest BCUT2D eigenvalue weighted by Crippen LogP contribution is 2.26. The number of nitrogens with zero attached hydrogens (tertiary/aromatic N) is 3. The van der Waals surface area contributed by atoms with E-state index in [1.54, 1.807) is 6.20 Å². The summed E-state index contributed by atoms with van der Waals surface area (Å²) in [5, 5.41) is 6.95. The number of hydrogen-bond acceptors (Lipinski definition) is 3. The van der Waals surface area contributed by atoms with Crippen LogP contribution in [0.25, 0.3) is 11.4 Å². The van der Waals surface area contributed by atoms with Gasteiger partial charge in [0, 0.05) is 24.4 Å². The first-order valence-electron chi connectivity index (χ1n) is 6.48. The Hall–Kier alpha value is -1.68. The first-order valence-corrected chi connectivity index (χ1v) is 6.48. The molecule has 1 aliphatic rings. The van der Waals surface area contributed by atoms with Gasteiger partial charge < -0.3 is 4.90 Å². The summed E-state index contributed by atoms with van der Waals surface area (Å²) in [5.41, 5.74) is 3.17. The third-order valence-corrected chi connectivity index (χ3v) is 3.59. The number of piperidine rings is 1. The van der Waals surface area contributed by atoms with Crippen LogP contribution in [-0.2, 0) is 0 Å². The summed E-state index contributed by atoms with van der Waals surface area (Å²) in [5.74, 6) is 0.562. The molecular formula is C14H18N4. The number of H-pyrrole nitrogens is 1. The zero-order chi connectivity index (χ0) is 12.4. The van der Waals surface area contributed by atoms with Crippen molar-refractivity contribution in [3.05, 3.63) is 36.2 Å². The number of hydrogen-bond donors (Lipinski definition) is 1. The molecule has 0 bridgehead atoms. The molecular weight excluding hydrogens is 224 g/mol. The number of likely N-dealkylation sites (N-methyl/N-ethyl adjacent to an activating group) is 1. The normalized spacial score (nSPS) is 21.1. The van der Waals surface area contributed by atoms with Crippen LogP contribution >= 0.6 is 0 Å². The van der Waals surface area contributed by atoms with Crippen LogP contribution in [0.2, 0.25) is 0 Å². The van der Waals surface area contributed by atoms with Gasteiger partial charge in [0.25, 0.3) is 0 Å². The van der Waals surface area contributed by atoms with Gasteiger partial charge in [-0.15, -0.1) is 0 Å². The summed E-state index contributed by atoms with van der Waals surface area (Å²) < 4.78 is 0. The number of rotatable bonds is 2. The van der Waals surface area contributed by atoms with Crippen molar-refractivity contribution in [3.8, 4) is 11.4 Å². The molecule has 4 heteroatoms. The molecule has 0 amide bonds. The number of likely N-dealkylation sites (tertiary alicyclic amines) is 1. The monoisotopic (exact) mass is 242 g/mol. The Morgan fingerprint density at radius 2 is 2.28 bits per heavy atom. The van der Waals surface area contributed by atoms with Crippen molar-refractivity contribution in [2.45, 2.75) is 18.8 Å². The van der Waals surface area contributed by atoms with Crippen molar-refractivity contribution >= 4 is 0 Å². The zero-order valence-electron chi connectivity index (χ0n) is 10.6. The maximum absolute atomic E-state index is 4.78. The minimum absolute atomic E-state index is 0.562. The fraction of sp³-hybridized carbons (Fsp3) is 0.429. The van der Waals surface area contributed by atoms with Gasteiger partial charge >= 0.3 is 0 Å². The van der Waals surface area contributed by atoms with E-state index in [0.29, 0.717) is 5.92 Å². The molecule has 3 rings (SSSR count). The highest BCUT2D eigenvalue weighted by Gasteiger charge is 2.20. The third kappa shape index (κ3) is 2.29. The molecule has 1 aliphatic heterocycles. The molecule has 1 atom stereocenters. The summed E-state index contributed by atoms with van der Waals surface area (Å²) in [7, 11) is 2.19. The average molecular weight is 242 g/mol. The summed E-state index contributed by atoms with van der Waals surface area (Å²) in [4.78, 5) is 7.16. The molecule has 94 valence electrons. The molecule has 4 nitrogen and oxygen atoms in total. The molecule has 0 saturated carbocycles. The highest BCUT2D eigenvalue weighted by molar-refractivity contribution is 5.53. The van der Waals surface area contributed by atoms with Crippen molar-refractivity contribution in [2.75, 3.05) is 20.1 Å². The Bertz CT molecular complexity index is 506. The van der Waals surface area contributed by atoms with Crippen molar-refractivity contribution in [2.24, 2.45) is 0 Å². The van der Waals surface area contributed by atoms with Gasteiger partial charge in [-0.25, -0.2) is 0 Å². The van der Waals surface area contributed by atoms with Gasteiger partial charge in [0.05, 0.1) is 11.4 Å². The van der Waals surface area contributed by atoms with E-state index in [-0.39, 0.29) is 0 Å². The van der Waals surface area contributed by atoms with Crippen LogP contribution < -0.4 is 0 Å². The SMILES string of the molecule is CN1CCCC(c2cccc(-c3ccn[nH]3)n2)C1. The maximum Gasteiger partial charge on any atom is 0.0883 e. The van der Waals surface area contributed by atoms with E-state index in [2.05, 4.69) is 34.3 Å². The number of pyridine rings is 1. The quantitative estimate of drug-likeness (QED) is 0.878. The van der Waals surface area contributed by atoms with Crippen LogP contribution in [0.5, 0.6) is 0 Å². The molecule has 3 heterocycles. The predicted molar refractivity (Wildman–Crippen MR) is 71.3 cm³/mol. The van der Waals surface area contributed by atoms with Crippen molar-refractivity contribution < 1.29 is 0 Å². The predicted octanol–water partition coefficient (Wildman–Crippen LogP) is 2.28. The molecule has 1 saturated heterocycles. The van der Waals surface area contributed by atoms with E-state index >= 15 is 0 Å².